The third kappa shape index (κ3) is 6.11. The van der Waals surface area contributed by atoms with Crippen molar-refractivity contribution in [2.45, 2.75) is 50.4 Å². The molecule has 0 aromatic heterocycles. The summed E-state index contributed by atoms with van der Waals surface area (Å²) < 4.78 is 33.2. The minimum absolute atomic E-state index is 0.116. The molecule has 2 aromatic carbocycles. The van der Waals surface area contributed by atoms with E-state index in [0.29, 0.717) is 44.7 Å². The second kappa shape index (κ2) is 11.6. The Hall–Kier alpha value is -3.00. The first-order valence-electron chi connectivity index (χ1n) is 14.2. The van der Waals surface area contributed by atoms with Crippen LogP contribution in [0.2, 0.25) is 0 Å². The lowest BCUT2D eigenvalue weighted by atomic mass is 9.73. The molecule has 39 heavy (non-hydrogen) atoms. The molecule has 2 heterocycles. The molecule has 0 atom stereocenters. The van der Waals surface area contributed by atoms with Gasteiger partial charge in [-0.2, -0.15) is 0 Å². The number of rotatable bonds is 7. The topological polar surface area (TPSA) is 53.1 Å². The van der Waals surface area contributed by atoms with E-state index in [1.807, 2.05) is 9.80 Å². The molecular weight excluding hydrogens is 500 g/mol. The number of hydrogen-bond acceptors (Lipinski definition) is 4. The van der Waals surface area contributed by atoms with Crippen molar-refractivity contribution in [3.63, 3.8) is 0 Å². The van der Waals surface area contributed by atoms with Gasteiger partial charge in [-0.15, -0.1) is 0 Å². The second-order valence-corrected chi connectivity index (χ2v) is 11.7. The second-order valence-electron chi connectivity index (χ2n) is 11.7. The van der Waals surface area contributed by atoms with Crippen LogP contribution in [0.3, 0.4) is 0 Å². The Labute approximate surface area is 229 Å². The first kappa shape index (κ1) is 27.6. The fourth-order valence-corrected chi connectivity index (χ4v) is 6.49. The van der Waals surface area contributed by atoms with Crippen LogP contribution in [-0.4, -0.2) is 79.4 Å². The molecule has 0 N–H and O–H groups in total. The van der Waals surface area contributed by atoms with Crippen LogP contribution in [-0.2, 0) is 15.0 Å². The smallest absolute Gasteiger partial charge is 0.233 e. The van der Waals surface area contributed by atoms with E-state index in [1.165, 1.54) is 24.3 Å². The van der Waals surface area contributed by atoms with Gasteiger partial charge in [-0.05, 0) is 74.7 Å². The molecular formula is C31H39F2N3O3. The highest BCUT2D eigenvalue weighted by atomic mass is 19.1. The monoisotopic (exact) mass is 539 g/mol. The Bertz CT molecular complexity index is 1130. The molecule has 0 unspecified atom stereocenters. The number of piperidine rings is 1. The van der Waals surface area contributed by atoms with Crippen LogP contribution in [0.1, 0.15) is 50.5 Å². The lowest BCUT2D eigenvalue weighted by molar-refractivity contribution is -0.142. The van der Waals surface area contributed by atoms with Crippen LogP contribution < -0.4 is 4.74 Å². The van der Waals surface area contributed by atoms with E-state index >= 15 is 0 Å². The van der Waals surface area contributed by atoms with Crippen LogP contribution in [0.4, 0.5) is 8.78 Å². The standard InChI is InChI=1S/C31H39F2N3O3/c1-34-18-20-35(21-19-34)28(37)22-30(23-39-27-10-8-26(33)9-11-27)14-16-36(17-15-30)29(38)31(12-2-3-13-31)24-4-6-25(32)7-5-24/h4-11H,2-3,12-23H2,1H3. The summed E-state index contributed by atoms with van der Waals surface area (Å²) in [5, 5.41) is 0. The molecule has 210 valence electrons. The highest BCUT2D eigenvalue weighted by Gasteiger charge is 2.47. The average Bonchev–Trinajstić information content (AvgIpc) is 3.45. The normalized spacial score (nSPS) is 21.1. The summed E-state index contributed by atoms with van der Waals surface area (Å²) in [6.45, 7) is 4.58. The first-order valence-corrected chi connectivity index (χ1v) is 14.2. The molecule has 0 radical (unpaired) electrons. The van der Waals surface area contributed by atoms with Crippen molar-refractivity contribution < 1.29 is 23.1 Å². The van der Waals surface area contributed by atoms with Crippen molar-refractivity contribution in [3.8, 4) is 5.75 Å². The third-order valence-corrected chi connectivity index (χ3v) is 9.12. The molecule has 6 nitrogen and oxygen atoms in total. The van der Waals surface area contributed by atoms with E-state index in [4.69, 9.17) is 4.74 Å². The number of amides is 2. The quantitative estimate of drug-likeness (QED) is 0.515. The van der Waals surface area contributed by atoms with Crippen molar-refractivity contribution in [1.82, 2.24) is 14.7 Å². The Kier molecular flexibility index (Phi) is 8.21. The molecule has 5 rings (SSSR count). The van der Waals surface area contributed by atoms with E-state index in [-0.39, 0.29) is 23.4 Å². The molecule has 1 saturated carbocycles. The zero-order chi connectivity index (χ0) is 27.5. The molecule has 3 fully saturated rings. The van der Waals surface area contributed by atoms with Gasteiger partial charge in [-0.1, -0.05) is 25.0 Å². The SMILES string of the molecule is CN1CCN(C(=O)CC2(COc3ccc(F)cc3)CCN(C(=O)C3(c4ccc(F)cc4)CCCC3)CC2)CC1. The van der Waals surface area contributed by atoms with Gasteiger partial charge in [-0.3, -0.25) is 9.59 Å². The number of ether oxygens (including phenoxy) is 1. The zero-order valence-corrected chi connectivity index (χ0v) is 22.8. The van der Waals surface area contributed by atoms with Gasteiger partial charge < -0.3 is 19.4 Å². The number of nitrogens with zero attached hydrogens (tertiary/aromatic N) is 3. The molecule has 2 aliphatic heterocycles. The number of halogens is 2. The Morgan fingerprint density at radius 1 is 0.769 bits per heavy atom. The molecule has 3 aliphatic rings. The number of carbonyl (C=O) groups excluding carboxylic acids is 2. The number of piperazine rings is 1. The van der Waals surface area contributed by atoms with E-state index in [0.717, 1.165) is 57.4 Å². The van der Waals surface area contributed by atoms with Gasteiger partial charge >= 0.3 is 0 Å². The van der Waals surface area contributed by atoms with E-state index in [2.05, 4.69) is 11.9 Å². The highest BCUT2D eigenvalue weighted by Crippen LogP contribution is 2.45. The van der Waals surface area contributed by atoms with Crippen molar-refractivity contribution >= 4 is 11.8 Å². The fraction of sp³-hybridized carbons (Fsp3) is 0.548. The van der Waals surface area contributed by atoms with Crippen LogP contribution in [0, 0.1) is 17.0 Å². The van der Waals surface area contributed by atoms with Gasteiger partial charge in [0.2, 0.25) is 11.8 Å². The number of carbonyl (C=O) groups is 2. The number of likely N-dealkylation sites (N-methyl/N-ethyl adjacent to an activating group) is 1. The molecule has 1 aliphatic carbocycles. The van der Waals surface area contributed by atoms with Crippen molar-refractivity contribution in [3.05, 3.63) is 65.7 Å². The predicted molar refractivity (Wildman–Crippen MR) is 145 cm³/mol. The lowest BCUT2D eigenvalue weighted by Crippen LogP contribution is -2.53. The minimum Gasteiger partial charge on any atom is -0.493 e. The maximum absolute atomic E-state index is 14.0. The Morgan fingerprint density at radius 3 is 1.92 bits per heavy atom. The van der Waals surface area contributed by atoms with Crippen molar-refractivity contribution in [2.75, 3.05) is 52.9 Å². The fourth-order valence-electron chi connectivity index (χ4n) is 6.49. The van der Waals surface area contributed by atoms with Gasteiger partial charge in [0.1, 0.15) is 17.4 Å². The summed E-state index contributed by atoms with van der Waals surface area (Å²) in [7, 11) is 2.07. The van der Waals surface area contributed by atoms with Gasteiger partial charge in [-0.25, -0.2) is 8.78 Å². The summed E-state index contributed by atoms with van der Waals surface area (Å²) >= 11 is 0. The first-order chi connectivity index (χ1) is 18.8. The highest BCUT2D eigenvalue weighted by molar-refractivity contribution is 5.89. The van der Waals surface area contributed by atoms with Crippen LogP contribution in [0.5, 0.6) is 5.75 Å². The molecule has 2 amide bonds. The number of benzene rings is 2. The molecule has 0 bridgehead atoms. The number of hydrogen-bond donors (Lipinski definition) is 0. The summed E-state index contributed by atoms with van der Waals surface area (Å²) in [5.41, 5.74) is -0.119. The summed E-state index contributed by atoms with van der Waals surface area (Å²) in [4.78, 5) is 33.5. The molecule has 2 saturated heterocycles. The van der Waals surface area contributed by atoms with Gasteiger partial charge in [0.05, 0.1) is 12.0 Å². The van der Waals surface area contributed by atoms with Crippen LogP contribution in [0.15, 0.2) is 48.5 Å². The van der Waals surface area contributed by atoms with Crippen molar-refractivity contribution in [2.24, 2.45) is 5.41 Å². The van der Waals surface area contributed by atoms with Crippen molar-refractivity contribution in [1.29, 1.82) is 0 Å². The molecule has 8 heteroatoms. The minimum atomic E-state index is -0.603. The Morgan fingerprint density at radius 2 is 1.33 bits per heavy atom. The predicted octanol–water partition coefficient (Wildman–Crippen LogP) is 4.63. The van der Waals surface area contributed by atoms with Crippen LogP contribution in [0.25, 0.3) is 0 Å². The largest absolute Gasteiger partial charge is 0.493 e. The summed E-state index contributed by atoms with van der Waals surface area (Å²) in [5.74, 6) is 0.196. The Balaban J connectivity index is 1.30. The zero-order valence-electron chi connectivity index (χ0n) is 22.8. The maximum Gasteiger partial charge on any atom is 0.233 e. The molecule has 0 spiro atoms. The maximum atomic E-state index is 14.0. The number of likely N-dealkylation sites (tertiary alicyclic amines) is 1. The van der Waals surface area contributed by atoms with E-state index in [9.17, 15) is 18.4 Å². The van der Waals surface area contributed by atoms with Gasteiger partial charge in [0.15, 0.2) is 0 Å². The third-order valence-electron chi connectivity index (χ3n) is 9.12. The molecule has 2 aromatic rings. The van der Waals surface area contributed by atoms with Gasteiger partial charge in [0, 0.05) is 51.1 Å². The average molecular weight is 540 g/mol. The van der Waals surface area contributed by atoms with E-state index in [1.54, 1.807) is 24.3 Å². The lowest BCUT2D eigenvalue weighted by Gasteiger charge is -2.45. The summed E-state index contributed by atoms with van der Waals surface area (Å²) in [6.07, 6.45) is 5.17. The van der Waals surface area contributed by atoms with Crippen LogP contribution >= 0.6 is 0 Å². The van der Waals surface area contributed by atoms with E-state index < -0.39 is 10.8 Å². The summed E-state index contributed by atoms with van der Waals surface area (Å²) in [6, 6.07) is 12.4. The van der Waals surface area contributed by atoms with Gasteiger partial charge in [0.25, 0.3) is 0 Å².